The highest BCUT2D eigenvalue weighted by atomic mass is 16.5. The minimum Gasteiger partial charge on any atom is -0.394 e. The molecule has 3 heteroatoms. The summed E-state index contributed by atoms with van der Waals surface area (Å²) in [4.78, 5) is 0. The molecule has 0 radical (unpaired) electrons. The van der Waals surface area contributed by atoms with E-state index in [1.807, 2.05) is 18.2 Å². The van der Waals surface area contributed by atoms with Crippen LogP contribution in [0, 0.1) is 5.92 Å². The van der Waals surface area contributed by atoms with Gasteiger partial charge in [0.2, 0.25) is 0 Å². The lowest BCUT2D eigenvalue weighted by Crippen LogP contribution is -2.50. The number of ether oxygens (including phenoxy) is 1. The maximum absolute atomic E-state index is 10.0. The second-order valence-electron chi connectivity index (χ2n) is 6.28. The van der Waals surface area contributed by atoms with Crippen LogP contribution in [0.5, 0.6) is 0 Å². The summed E-state index contributed by atoms with van der Waals surface area (Å²) in [6.45, 7) is 10.0. The largest absolute Gasteiger partial charge is 0.394 e. The molecule has 0 fully saturated rings. The molecule has 2 atom stereocenters. The summed E-state index contributed by atoms with van der Waals surface area (Å²) >= 11 is 0. The van der Waals surface area contributed by atoms with Crippen LogP contribution in [0.3, 0.4) is 0 Å². The summed E-state index contributed by atoms with van der Waals surface area (Å²) in [5.41, 5.74) is 0.570. The highest BCUT2D eigenvalue weighted by Gasteiger charge is 2.31. The molecule has 0 aliphatic rings. The molecule has 2 unspecified atom stereocenters. The predicted octanol–water partition coefficient (Wildman–Crippen LogP) is 3.33. The first-order valence-corrected chi connectivity index (χ1v) is 8.07. The normalized spacial score (nSPS) is 15.9. The van der Waals surface area contributed by atoms with Gasteiger partial charge >= 0.3 is 0 Å². The molecular formula is C18H31NO2. The summed E-state index contributed by atoms with van der Waals surface area (Å²) in [6, 6.07) is 10.1. The van der Waals surface area contributed by atoms with Crippen LogP contribution in [0.1, 0.15) is 46.1 Å². The van der Waals surface area contributed by atoms with Gasteiger partial charge in [-0.3, -0.25) is 0 Å². The van der Waals surface area contributed by atoms with Crippen LogP contribution in [0.2, 0.25) is 0 Å². The van der Waals surface area contributed by atoms with Gasteiger partial charge in [0.15, 0.2) is 0 Å². The summed E-state index contributed by atoms with van der Waals surface area (Å²) < 4.78 is 6.04. The average molecular weight is 293 g/mol. The number of hydrogen-bond donors (Lipinski definition) is 2. The van der Waals surface area contributed by atoms with E-state index in [1.165, 1.54) is 0 Å². The van der Waals surface area contributed by atoms with Crippen LogP contribution in [0.25, 0.3) is 0 Å². The second kappa shape index (κ2) is 9.19. The van der Waals surface area contributed by atoms with Gasteiger partial charge in [0, 0.05) is 0 Å². The smallest absolute Gasteiger partial charge is 0.0906 e. The van der Waals surface area contributed by atoms with Crippen molar-refractivity contribution in [2.45, 2.75) is 52.2 Å². The SMILES string of the molecule is CCCNC(CO)(COC(C)CC(C)C)c1ccccc1. The molecule has 0 amide bonds. The molecule has 21 heavy (non-hydrogen) atoms. The van der Waals surface area contributed by atoms with Gasteiger partial charge in [-0.1, -0.05) is 51.1 Å². The number of aliphatic hydroxyl groups excluding tert-OH is 1. The fourth-order valence-corrected chi connectivity index (χ4v) is 2.57. The van der Waals surface area contributed by atoms with Crippen molar-refractivity contribution < 1.29 is 9.84 Å². The molecule has 0 saturated carbocycles. The molecule has 0 aliphatic carbocycles. The van der Waals surface area contributed by atoms with Crippen molar-refractivity contribution in [2.75, 3.05) is 19.8 Å². The molecule has 1 aromatic carbocycles. The van der Waals surface area contributed by atoms with Gasteiger partial charge in [-0.2, -0.15) is 0 Å². The van der Waals surface area contributed by atoms with Gasteiger partial charge < -0.3 is 15.2 Å². The summed E-state index contributed by atoms with van der Waals surface area (Å²) in [5.74, 6) is 0.615. The minimum atomic E-state index is -0.511. The highest BCUT2D eigenvalue weighted by Crippen LogP contribution is 2.23. The minimum absolute atomic E-state index is 0.0331. The molecule has 1 rings (SSSR count). The first kappa shape index (κ1) is 18.1. The fraction of sp³-hybridized carbons (Fsp3) is 0.667. The Morgan fingerprint density at radius 1 is 1.19 bits per heavy atom. The van der Waals surface area contributed by atoms with Crippen LogP contribution in [0.15, 0.2) is 30.3 Å². The lowest BCUT2D eigenvalue weighted by Gasteiger charge is -2.35. The number of aliphatic hydroxyl groups is 1. The molecule has 3 nitrogen and oxygen atoms in total. The van der Waals surface area contributed by atoms with Crippen molar-refractivity contribution in [3.63, 3.8) is 0 Å². The zero-order valence-electron chi connectivity index (χ0n) is 13.9. The van der Waals surface area contributed by atoms with Crippen LogP contribution < -0.4 is 5.32 Å². The molecule has 0 aliphatic heterocycles. The Morgan fingerprint density at radius 3 is 2.38 bits per heavy atom. The van der Waals surface area contributed by atoms with E-state index >= 15 is 0 Å². The predicted molar refractivity (Wildman–Crippen MR) is 88.4 cm³/mol. The van der Waals surface area contributed by atoms with E-state index in [4.69, 9.17) is 4.74 Å². The number of nitrogens with one attached hydrogen (secondary N) is 1. The molecule has 120 valence electrons. The van der Waals surface area contributed by atoms with E-state index in [2.05, 4.69) is 45.1 Å². The zero-order chi connectivity index (χ0) is 15.7. The summed E-state index contributed by atoms with van der Waals surface area (Å²) in [6.07, 6.45) is 2.25. The van der Waals surface area contributed by atoms with Crippen LogP contribution in [-0.4, -0.2) is 31.0 Å². The number of rotatable bonds is 10. The lowest BCUT2D eigenvalue weighted by molar-refractivity contribution is -0.0118. The van der Waals surface area contributed by atoms with Crippen molar-refractivity contribution in [3.05, 3.63) is 35.9 Å². The van der Waals surface area contributed by atoms with Gasteiger partial charge in [0.1, 0.15) is 0 Å². The van der Waals surface area contributed by atoms with E-state index in [1.54, 1.807) is 0 Å². The fourth-order valence-electron chi connectivity index (χ4n) is 2.57. The van der Waals surface area contributed by atoms with Crippen LogP contribution >= 0.6 is 0 Å². The first-order chi connectivity index (χ1) is 10.0. The Morgan fingerprint density at radius 2 is 1.86 bits per heavy atom. The van der Waals surface area contributed by atoms with E-state index in [9.17, 15) is 5.11 Å². The molecule has 2 N–H and O–H groups in total. The maximum atomic E-state index is 10.0. The van der Waals surface area contributed by atoms with Crippen LogP contribution in [-0.2, 0) is 10.3 Å². The molecule has 0 heterocycles. The summed E-state index contributed by atoms with van der Waals surface area (Å²) in [5, 5.41) is 13.5. The Kier molecular flexibility index (Phi) is 7.94. The molecule has 0 saturated heterocycles. The topological polar surface area (TPSA) is 41.5 Å². The lowest BCUT2D eigenvalue weighted by atomic mass is 9.91. The average Bonchev–Trinajstić information content (AvgIpc) is 2.48. The molecule has 1 aromatic rings. The van der Waals surface area contributed by atoms with Crippen molar-refractivity contribution in [1.29, 1.82) is 0 Å². The third-order valence-electron chi connectivity index (χ3n) is 3.73. The van der Waals surface area contributed by atoms with Gasteiger partial charge in [0.05, 0.1) is 24.9 Å². The second-order valence-corrected chi connectivity index (χ2v) is 6.28. The molecule has 0 bridgehead atoms. The monoisotopic (exact) mass is 293 g/mol. The van der Waals surface area contributed by atoms with Crippen molar-refractivity contribution >= 4 is 0 Å². The molecule has 0 spiro atoms. The first-order valence-electron chi connectivity index (χ1n) is 8.07. The van der Waals surface area contributed by atoms with Gasteiger partial charge in [-0.25, -0.2) is 0 Å². The van der Waals surface area contributed by atoms with Crippen molar-refractivity contribution in [2.24, 2.45) is 5.92 Å². The molecule has 0 aromatic heterocycles. The van der Waals surface area contributed by atoms with E-state index in [0.717, 1.165) is 24.9 Å². The Hall–Kier alpha value is -0.900. The van der Waals surface area contributed by atoms with Gasteiger partial charge in [-0.05, 0) is 37.8 Å². The van der Waals surface area contributed by atoms with E-state index < -0.39 is 5.54 Å². The van der Waals surface area contributed by atoms with Crippen LogP contribution in [0.4, 0.5) is 0 Å². The Labute approximate surface area is 129 Å². The Bertz CT molecular complexity index is 380. The maximum Gasteiger partial charge on any atom is 0.0906 e. The van der Waals surface area contributed by atoms with Crippen molar-refractivity contribution in [1.82, 2.24) is 5.32 Å². The number of hydrogen-bond acceptors (Lipinski definition) is 3. The van der Waals surface area contributed by atoms with Gasteiger partial charge in [-0.15, -0.1) is 0 Å². The third-order valence-corrected chi connectivity index (χ3v) is 3.73. The van der Waals surface area contributed by atoms with Crippen molar-refractivity contribution in [3.8, 4) is 0 Å². The summed E-state index contributed by atoms with van der Waals surface area (Å²) in [7, 11) is 0. The van der Waals surface area contributed by atoms with E-state index in [0.29, 0.717) is 12.5 Å². The van der Waals surface area contributed by atoms with Gasteiger partial charge in [0.25, 0.3) is 0 Å². The number of benzene rings is 1. The third kappa shape index (κ3) is 5.77. The quantitative estimate of drug-likeness (QED) is 0.695. The highest BCUT2D eigenvalue weighted by molar-refractivity contribution is 5.25. The Balaban J connectivity index is 2.81. The zero-order valence-corrected chi connectivity index (χ0v) is 13.9. The standard InChI is InChI=1S/C18H31NO2/c1-5-11-19-18(13-20,17-9-7-6-8-10-17)14-21-16(4)12-15(2)3/h6-10,15-16,19-20H,5,11-14H2,1-4H3. The molecular weight excluding hydrogens is 262 g/mol. The van der Waals surface area contributed by atoms with E-state index in [-0.39, 0.29) is 12.7 Å².